The predicted octanol–water partition coefficient (Wildman–Crippen LogP) is 3.07. The highest BCUT2D eigenvalue weighted by atomic mass is 16.4. The summed E-state index contributed by atoms with van der Waals surface area (Å²) in [5.74, 6) is -1.25. The lowest BCUT2D eigenvalue weighted by atomic mass is 10.1. The molecule has 0 aromatic heterocycles. The Balaban J connectivity index is 2.14. The topological polar surface area (TPSA) is 57.6 Å². The van der Waals surface area contributed by atoms with E-state index >= 15 is 0 Å². The molecular weight excluding hydrogens is 290 g/mol. The molecule has 2 aromatic rings. The van der Waals surface area contributed by atoms with Gasteiger partial charge in [-0.25, -0.2) is 0 Å². The highest BCUT2D eigenvalue weighted by molar-refractivity contribution is 5.96. The van der Waals surface area contributed by atoms with Crippen molar-refractivity contribution in [3.05, 3.63) is 70.8 Å². The summed E-state index contributed by atoms with van der Waals surface area (Å²) in [7, 11) is 0. The van der Waals surface area contributed by atoms with Gasteiger partial charge in [-0.15, -0.1) is 0 Å². The zero-order valence-electron chi connectivity index (χ0n) is 13.5. The Kier molecular flexibility index (Phi) is 5.52. The van der Waals surface area contributed by atoms with Gasteiger partial charge in [0.05, 0.1) is 0 Å². The molecule has 0 heterocycles. The number of aryl methyl sites for hydroxylation is 2. The fourth-order valence-electron chi connectivity index (χ4n) is 2.38. The quantitative estimate of drug-likeness (QED) is 0.892. The average molecular weight is 311 g/mol. The van der Waals surface area contributed by atoms with Gasteiger partial charge < -0.3 is 10.0 Å². The van der Waals surface area contributed by atoms with E-state index in [1.807, 2.05) is 56.3 Å². The Morgan fingerprint density at radius 2 is 1.70 bits per heavy atom. The van der Waals surface area contributed by atoms with Gasteiger partial charge in [-0.1, -0.05) is 36.4 Å². The first kappa shape index (κ1) is 16.7. The summed E-state index contributed by atoms with van der Waals surface area (Å²) >= 11 is 0. The van der Waals surface area contributed by atoms with Crippen LogP contribution in [0.1, 0.15) is 27.0 Å². The molecule has 4 heteroatoms. The van der Waals surface area contributed by atoms with Crippen molar-refractivity contribution in [1.29, 1.82) is 0 Å². The van der Waals surface area contributed by atoms with Crippen LogP contribution in [0, 0.1) is 13.8 Å². The highest BCUT2D eigenvalue weighted by Gasteiger charge is 2.18. The first-order valence-corrected chi connectivity index (χ1v) is 7.59. The fourth-order valence-corrected chi connectivity index (χ4v) is 2.38. The summed E-state index contributed by atoms with van der Waals surface area (Å²) in [6.07, 6.45) is 0.630. The number of carbonyl (C=O) groups is 2. The van der Waals surface area contributed by atoms with Crippen LogP contribution in [-0.2, 0) is 11.2 Å². The largest absolute Gasteiger partial charge is 0.480 e. The molecule has 1 N–H and O–H groups in total. The summed E-state index contributed by atoms with van der Waals surface area (Å²) in [4.78, 5) is 25.1. The summed E-state index contributed by atoms with van der Waals surface area (Å²) in [5, 5.41) is 9.08. The number of carbonyl (C=O) groups excluding carboxylic acids is 1. The third-order valence-electron chi connectivity index (χ3n) is 3.88. The van der Waals surface area contributed by atoms with Crippen molar-refractivity contribution < 1.29 is 14.7 Å². The number of hydrogen-bond acceptors (Lipinski definition) is 2. The van der Waals surface area contributed by atoms with Crippen LogP contribution in [-0.4, -0.2) is 35.0 Å². The van der Waals surface area contributed by atoms with Crippen molar-refractivity contribution >= 4 is 11.9 Å². The van der Waals surface area contributed by atoms with Gasteiger partial charge in [0.1, 0.15) is 6.54 Å². The third kappa shape index (κ3) is 4.68. The maximum Gasteiger partial charge on any atom is 0.323 e. The van der Waals surface area contributed by atoms with E-state index in [-0.39, 0.29) is 12.5 Å². The monoisotopic (exact) mass is 311 g/mol. The molecule has 0 aliphatic rings. The van der Waals surface area contributed by atoms with E-state index in [9.17, 15) is 9.59 Å². The molecule has 0 aliphatic carbocycles. The molecule has 0 aliphatic heterocycles. The number of amides is 1. The molecule has 0 spiro atoms. The fraction of sp³-hybridized carbons (Fsp3) is 0.263. The van der Waals surface area contributed by atoms with Gasteiger partial charge in [-0.05, 0) is 49.1 Å². The summed E-state index contributed by atoms with van der Waals surface area (Å²) < 4.78 is 0. The van der Waals surface area contributed by atoms with Crippen molar-refractivity contribution in [2.24, 2.45) is 0 Å². The van der Waals surface area contributed by atoms with Crippen molar-refractivity contribution in [2.75, 3.05) is 13.1 Å². The smallest absolute Gasteiger partial charge is 0.323 e. The molecule has 0 bridgehead atoms. The van der Waals surface area contributed by atoms with Crippen LogP contribution in [0.3, 0.4) is 0 Å². The molecule has 4 nitrogen and oxygen atoms in total. The SMILES string of the molecule is Cc1ccc(C(=O)N(CCc2ccccc2)CC(=O)O)cc1C. The maximum absolute atomic E-state index is 12.6. The van der Waals surface area contributed by atoms with E-state index in [2.05, 4.69) is 0 Å². The lowest BCUT2D eigenvalue weighted by Crippen LogP contribution is -2.37. The number of rotatable bonds is 6. The maximum atomic E-state index is 12.6. The van der Waals surface area contributed by atoms with E-state index in [0.29, 0.717) is 18.5 Å². The Morgan fingerprint density at radius 1 is 1.00 bits per heavy atom. The molecule has 2 rings (SSSR count). The van der Waals surface area contributed by atoms with Gasteiger partial charge in [-0.3, -0.25) is 9.59 Å². The minimum absolute atomic E-state index is 0.244. The summed E-state index contributed by atoms with van der Waals surface area (Å²) in [5.41, 5.74) is 3.74. The summed E-state index contributed by atoms with van der Waals surface area (Å²) in [6.45, 7) is 4.01. The second kappa shape index (κ2) is 7.58. The van der Waals surface area contributed by atoms with E-state index in [1.54, 1.807) is 6.07 Å². The van der Waals surface area contributed by atoms with Gasteiger partial charge in [0.15, 0.2) is 0 Å². The summed E-state index contributed by atoms with van der Waals surface area (Å²) in [6, 6.07) is 15.2. The number of carboxylic acids is 1. The molecule has 2 aromatic carbocycles. The lowest BCUT2D eigenvalue weighted by molar-refractivity contribution is -0.137. The van der Waals surface area contributed by atoms with Crippen LogP contribution in [0.2, 0.25) is 0 Å². The Bertz CT molecular complexity index is 695. The first-order chi connectivity index (χ1) is 11.0. The normalized spacial score (nSPS) is 10.3. The van der Waals surface area contributed by atoms with E-state index in [0.717, 1.165) is 16.7 Å². The van der Waals surface area contributed by atoms with E-state index in [1.165, 1.54) is 4.90 Å². The van der Waals surface area contributed by atoms with Crippen molar-refractivity contribution in [3.8, 4) is 0 Å². The number of nitrogens with zero attached hydrogens (tertiary/aromatic N) is 1. The average Bonchev–Trinajstić information content (AvgIpc) is 2.54. The third-order valence-corrected chi connectivity index (χ3v) is 3.88. The molecule has 23 heavy (non-hydrogen) atoms. The zero-order valence-corrected chi connectivity index (χ0v) is 13.5. The second-order valence-electron chi connectivity index (χ2n) is 5.66. The molecule has 1 amide bonds. The first-order valence-electron chi connectivity index (χ1n) is 7.59. The zero-order chi connectivity index (χ0) is 16.8. The molecule has 0 radical (unpaired) electrons. The van der Waals surface area contributed by atoms with Crippen LogP contribution in [0.15, 0.2) is 48.5 Å². The predicted molar refractivity (Wildman–Crippen MR) is 89.6 cm³/mol. The lowest BCUT2D eigenvalue weighted by Gasteiger charge is -2.21. The van der Waals surface area contributed by atoms with Crippen LogP contribution < -0.4 is 0 Å². The van der Waals surface area contributed by atoms with Gasteiger partial charge in [0.25, 0.3) is 5.91 Å². The van der Waals surface area contributed by atoms with E-state index in [4.69, 9.17) is 5.11 Å². The van der Waals surface area contributed by atoms with Crippen LogP contribution >= 0.6 is 0 Å². The van der Waals surface area contributed by atoms with Crippen LogP contribution in [0.4, 0.5) is 0 Å². The molecule has 0 saturated carbocycles. The van der Waals surface area contributed by atoms with Crippen molar-refractivity contribution in [2.45, 2.75) is 20.3 Å². The van der Waals surface area contributed by atoms with Crippen LogP contribution in [0.5, 0.6) is 0 Å². The molecule has 0 saturated heterocycles. The second-order valence-corrected chi connectivity index (χ2v) is 5.66. The van der Waals surface area contributed by atoms with Gasteiger partial charge in [0.2, 0.25) is 0 Å². The number of aliphatic carboxylic acids is 1. The van der Waals surface area contributed by atoms with E-state index < -0.39 is 5.97 Å². The Morgan fingerprint density at radius 3 is 2.30 bits per heavy atom. The number of hydrogen-bond donors (Lipinski definition) is 1. The molecule has 0 atom stereocenters. The minimum atomic E-state index is -1.00. The van der Waals surface area contributed by atoms with Gasteiger partial charge in [0, 0.05) is 12.1 Å². The van der Waals surface area contributed by atoms with Crippen molar-refractivity contribution in [1.82, 2.24) is 4.90 Å². The van der Waals surface area contributed by atoms with Gasteiger partial charge in [-0.2, -0.15) is 0 Å². The molecule has 0 fully saturated rings. The Hall–Kier alpha value is -2.62. The Labute approximate surface area is 136 Å². The number of carboxylic acid groups (broad SMARTS) is 1. The number of benzene rings is 2. The highest BCUT2D eigenvalue weighted by Crippen LogP contribution is 2.13. The van der Waals surface area contributed by atoms with Crippen molar-refractivity contribution in [3.63, 3.8) is 0 Å². The molecule has 0 unspecified atom stereocenters. The van der Waals surface area contributed by atoms with Gasteiger partial charge >= 0.3 is 5.97 Å². The molecule has 120 valence electrons. The van der Waals surface area contributed by atoms with Crippen LogP contribution in [0.25, 0.3) is 0 Å². The minimum Gasteiger partial charge on any atom is -0.480 e. The standard InChI is InChI=1S/C19H21NO3/c1-14-8-9-17(12-15(14)2)19(23)20(13-18(21)22)11-10-16-6-4-3-5-7-16/h3-9,12H,10-11,13H2,1-2H3,(H,21,22). The molecular formula is C19H21NO3.